The molecular formula is C25H27F3O3S. The van der Waals surface area contributed by atoms with Gasteiger partial charge in [0, 0.05) is 5.56 Å². The molecule has 0 radical (unpaired) electrons. The molecule has 3 aromatic carbocycles. The van der Waals surface area contributed by atoms with Crippen LogP contribution in [0.25, 0.3) is 22.3 Å². The van der Waals surface area contributed by atoms with Crippen LogP contribution in [0.2, 0.25) is 0 Å². The number of alkyl halides is 3. The first-order chi connectivity index (χ1) is 14.6. The highest BCUT2D eigenvalue weighted by Crippen LogP contribution is 2.40. The number of ether oxygens (including phenoxy) is 2. The van der Waals surface area contributed by atoms with E-state index in [1.54, 1.807) is 7.11 Å². The summed E-state index contributed by atoms with van der Waals surface area (Å²) >= 11 is 0. The molecule has 0 aromatic heterocycles. The van der Waals surface area contributed by atoms with E-state index in [-0.39, 0.29) is 13.5 Å². The Morgan fingerprint density at radius 2 is 1.28 bits per heavy atom. The van der Waals surface area contributed by atoms with E-state index in [0.717, 1.165) is 22.3 Å². The molecule has 0 saturated heterocycles. The Morgan fingerprint density at radius 3 is 1.72 bits per heavy atom. The van der Waals surface area contributed by atoms with Gasteiger partial charge in [0.05, 0.1) is 7.11 Å². The summed E-state index contributed by atoms with van der Waals surface area (Å²) in [5.74, 6) is 0.110. The minimum atomic E-state index is -3.67. The van der Waals surface area contributed by atoms with Crippen molar-refractivity contribution < 1.29 is 27.4 Å². The van der Waals surface area contributed by atoms with E-state index >= 15 is 0 Å². The number of carbonyl (C=O) groups is 1. The Kier molecular flexibility index (Phi) is 10.3. The van der Waals surface area contributed by atoms with Gasteiger partial charge in [-0.1, -0.05) is 66.7 Å². The topological polar surface area (TPSA) is 35.5 Å². The lowest BCUT2D eigenvalue weighted by Crippen LogP contribution is -2.24. The maximum atomic E-state index is 13.1. The van der Waals surface area contributed by atoms with Gasteiger partial charge in [0.15, 0.2) is 0 Å². The summed E-state index contributed by atoms with van der Waals surface area (Å²) in [7, 11) is 1.57. The molecule has 0 aliphatic rings. The van der Waals surface area contributed by atoms with Crippen LogP contribution in [0.5, 0.6) is 5.75 Å². The van der Waals surface area contributed by atoms with Gasteiger partial charge < -0.3 is 9.47 Å². The monoisotopic (exact) mass is 464 g/mol. The summed E-state index contributed by atoms with van der Waals surface area (Å²) < 4.78 is 40.2. The van der Waals surface area contributed by atoms with Crippen LogP contribution in [0.1, 0.15) is 31.1 Å². The van der Waals surface area contributed by atoms with Gasteiger partial charge in [-0.05, 0) is 43.5 Å². The SMILES string of the molecule is COc1ccc(-c2ccccc2)c(-c2ccccc2)c1C(=O)OC(C)(C)C.FC(F)F.S. The summed E-state index contributed by atoms with van der Waals surface area (Å²) in [4.78, 5) is 13.1. The zero-order chi connectivity index (χ0) is 23.0. The first-order valence-corrected chi connectivity index (χ1v) is 9.61. The highest BCUT2D eigenvalue weighted by molar-refractivity contribution is 7.59. The van der Waals surface area contributed by atoms with Gasteiger partial charge in [0.25, 0.3) is 0 Å². The number of halogens is 3. The van der Waals surface area contributed by atoms with Crippen LogP contribution in [-0.2, 0) is 4.74 Å². The van der Waals surface area contributed by atoms with E-state index in [9.17, 15) is 18.0 Å². The van der Waals surface area contributed by atoms with Crippen molar-refractivity contribution in [2.24, 2.45) is 0 Å². The average Bonchev–Trinajstić information content (AvgIpc) is 2.72. The lowest BCUT2D eigenvalue weighted by molar-refractivity contribution is 0.00620. The van der Waals surface area contributed by atoms with Crippen molar-refractivity contribution in [2.75, 3.05) is 7.11 Å². The second kappa shape index (κ2) is 12.2. The Balaban J connectivity index is 0.000000945. The van der Waals surface area contributed by atoms with Crippen LogP contribution in [0.15, 0.2) is 72.8 Å². The van der Waals surface area contributed by atoms with Gasteiger partial charge in [0.2, 0.25) is 0 Å². The third kappa shape index (κ3) is 7.64. The van der Waals surface area contributed by atoms with Crippen molar-refractivity contribution in [3.8, 4) is 28.0 Å². The molecule has 0 aliphatic heterocycles. The van der Waals surface area contributed by atoms with Crippen LogP contribution < -0.4 is 4.74 Å². The van der Waals surface area contributed by atoms with Crippen molar-refractivity contribution in [3.63, 3.8) is 0 Å². The summed E-state index contributed by atoms with van der Waals surface area (Å²) in [6.07, 6.45) is 0. The van der Waals surface area contributed by atoms with Gasteiger partial charge in [-0.25, -0.2) is 4.79 Å². The molecule has 0 amide bonds. The van der Waals surface area contributed by atoms with E-state index in [1.807, 2.05) is 93.6 Å². The van der Waals surface area contributed by atoms with Crippen LogP contribution >= 0.6 is 13.5 Å². The number of methoxy groups -OCH3 is 1. The van der Waals surface area contributed by atoms with Crippen molar-refractivity contribution in [1.29, 1.82) is 0 Å². The van der Waals surface area contributed by atoms with Crippen LogP contribution in [0, 0.1) is 0 Å². The molecular weight excluding hydrogens is 437 g/mol. The second-order valence-electron chi connectivity index (χ2n) is 7.55. The molecule has 0 aliphatic carbocycles. The maximum Gasteiger partial charge on any atom is 0.379 e. The van der Waals surface area contributed by atoms with Gasteiger partial charge in [0.1, 0.15) is 16.9 Å². The van der Waals surface area contributed by atoms with E-state index in [2.05, 4.69) is 0 Å². The molecule has 3 rings (SSSR count). The van der Waals surface area contributed by atoms with E-state index in [1.165, 1.54) is 0 Å². The standard InChI is InChI=1S/C24H24O3.CHF3.H2S/c1-24(2,3)27-23(25)22-20(26-4)16-15-19(17-11-7-5-8-12-17)21(22)18-13-9-6-10-14-18;2-1(3)4;/h5-16H,1-4H3;1H;1H2. The molecule has 32 heavy (non-hydrogen) atoms. The molecule has 172 valence electrons. The molecule has 7 heteroatoms. The quantitative estimate of drug-likeness (QED) is 0.381. The smallest absolute Gasteiger partial charge is 0.379 e. The third-order valence-corrected chi connectivity index (χ3v) is 4.14. The summed E-state index contributed by atoms with van der Waals surface area (Å²) in [5.41, 5.74) is 3.59. The molecule has 0 fully saturated rings. The number of esters is 1. The predicted molar refractivity (Wildman–Crippen MR) is 127 cm³/mol. The summed E-state index contributed by atoms with van der Waals surface area (Å²) in [5, 5.41) is 0. The number of hydrogen-bond acceptors (Lipinski definition) is 3. The fourth-order valence-electron chi connectivity index (χ4n) is 3.05. The minimum absolute atomic E-state index is 0. The number of carbonyl (C=O) groups excluding carboxylic acids is 1. The molecule has 0 saturated carbocycles. The fraction of sp³-hybridized carbons (Fsp3) is 0.240. The fourth-order valence-corrected chi connectivity index (χ4v) is 3.05. The Labute approximate surface area is 193 Å². The minimum Gasteiger partial charge on any atom is -0.496 e. The van der Waals surface area contributed by atoms with Gasteiger partial charge >= 0.3 is 12.6 Å². The lowest BCUT2D eigenvalue weighted by atomic mass is 9.89. The van der Waals surface area contributed by atoms with Crippen molar-refractivity contribution in [2.45, 2.75) is 33.1 Å². The Hall–Kier alpha value is -2.93. The number of benzene rings is 3. The molecule has 0 N–H and O–H groups in total. The molecule has 0 bridgehead atoms. The average molecular weight is 465 g/mol. The Morgan fingerprint density at radius 1 is 0.812 bits per heavy atom. The van der Waals surface area contributed by atoms with Gasteiger partial charge in [-0.3, -0.25) is 0 Å². The normalized spacial score (nSPS) is 10.5. The number of rotatable bonds is 4. The first-order valence-electron chi connectivity index (χ1n) is 9.61. The van der Waals surface area contributed by atoms with Crippen molar-refractivity contribution >= 4 is 19.5 Å². The molecule has 3 aromatic rings. The largest absolute Gasteiger partial charge is 0.496 e. The van der Waals surface area contributed by atoms with Gasteiger partial charge in [-0.15, -0.1) is 0 Å². The molecule has 0 atom stereocenters. The van der Waals surface area contributed by atoms with Crippen LogP contribution in [0.4, 0.5) is 13.2 Å². The van der Waals surface area contributed by atoms with Crippen molar-refractivity contribution in [3.05, 3.63) is 78.4 Å². The van der Waals surface area contributed by atoms with Crippen molar-refractivity contribution in [1.82, 2.24) is 0 Å². The predicted octanol–water partition coefficient (Wildman–Crippen LogP) is 7.28. The lowest BCUT2D eigenvalue weighted by Gasteiger charge is -2.23. The highest BCUT2D eigenvalue weighted by atomic mass is 32.1. The maximum absolute atomic E-state index is 13.1. The molecule has 3 nitrogen and oxygen atoms in total. The zero-order valence-electron chi connectivity index (χ0n) is 18.4. The molecule has 0 heterocycles. The van der Waals surface area contributed by atoms with E-state index < -0.39 is 18.2 Å². The summed E-state index contributed by atoms with van der Waals surface area (Å²) in [6, 6.07) is 23.7. The van der Waals surface area contributed by atoms with Crippen LogP contribution in [0.3, 0.4) is 0 Å². The second-order valence-corrected chi connectivity index (χ2v) is 7.55. The molecule has 0 unspecified atom stereocenters. The Bertz CT molecular complexity index is 986. The third-order valence-electron chi connectivity index (χ3n) is 4.14. The molecule has 0 spiro atoms. The zero-order valence-corrected chi connectivity index (χ0v) is 19.4. The first kappa shape index (κ1) is 27.1. The van der Waals surface area contributed by atoms with E-state index in [4.69, 9.17) is 9.47 Å². The van der Waals surface area contributed by atoms with E-state index in [0.29, 0.717) is 11.3 Å². The van der Waals surface area contributed by atoms with Crippen LogP contribution in [-0.4, -0.2) is 25.4 Å². The van der Waals surface area contributed by atoms with Gasteiger partial charge in [-0.2, -0.15) is 26.7 Å². The highest BCUT2D eigenvalue weighted by Gasteiger charge is 2.27. The summed E-state index contributed by atoms with van der Waals surface area (Å²) in [6.45, 7) is 1.92. The number of hydrogen-bond donors (Lipinski definition) is 0.